The molecule has 1 aliphatic heterocycles. The van der Waals surface area contributed by atoms with E-state index in [4.69, 9.17) is 0 Å². The number of hydrogen-bond donors (Lipinski definition) is 2. The number of aliphatic hydroxyl groups excluding tert-OH is 1. The third-order valence-corrected chi connectivity index (χ3v) is 5.32. The third kappa shape index (κ3) is 5.41. The zero-order chi connectivity index (χ0) is 14.4. The summed E-state index contributed by atoms with van der Waals surface area (Å²) in [5, 5.41) is 12.6. The van der Waals surface area contributed by atoms with Crippen LogP contribution in [0.1, 0.15) is 59.3 Å². The summed E-state index contributed by atoms with van der Waals surface area (Å²) < 4.78 is 0. The average molecular weight is 270 g/mol. The van der Waals surface area contributed by atoms with Crippen LogP contribution in [-0.2, 0) is 0 Å². The van der Waals surface area contributed by atoms with Crippen LogP contribution in [0, 0.1) is 5.41 Å². The maximum Gasteiger partial charge on any atom is 0.0610 e. The normalized spacial score (nSPS) is 23.2. The molecule has 1 atom stereocenters. The largest absolute Gasteiger partial charge is 0.394 e. The van der Waals surface area contributed by atoms with Crippen LogP contribution in [0.4, 0.5) is 0 Å². The minimum Gasteiger partial charge on any atom is -0.394 e. The molecule has 2 N–H and O–H groups in total. The second-order valence-corrected chi connectivity index (χ2v) is 6.93. The molecule has 3 heteroatoms. The fourth-order valence-corrected chi connectivity index (χ4v) is 2.80. The lowest BCUT2D eigenvalue weighted by atomic mass is 9.78. The number of nitrogens with one attached hydrogen (secondary N) is 1. The molecule has 0 aromatic rings. The molecule has 0 bridgehead atoms. The van der Waals surface area contributed by atoms with Crippen LogP contribution in [0.2, 0.25) is 0 Å². The van der Waals surface area contributed by atoms with E-state index in [0.29, 0.717) is 5.41 Å². The molecule has 0 aromatic carbocycles. The minimum atomic E-state index is -0.0946. The Labute approximate surface area is 119 Å². The second-order valence-electron chi connectivity index (χ2n) is 6.93. The van der Waals surface area contributed by atoms with Gasteiger partial charge in [0, 0.05) is 5.54 Å². The Hall–Kier alpha value is -0.120. The smallest absolute Gasteiger partial charge is 0.0610 e. The van der Waals surface area contributed by atoms with Crippen molar-refractivity contribution < 1.29 is 5.11 Å². The fourth-order valence-electron chi connectivity index (χ4n) is 2.80. The highest BCUT2D eigenvalue weighted by atomic mass is 16.3. The molecule has 3 nitrogen and oxygen atoms in total. The zero-order valence-corrected chi connectivity index (χ0v) is 13.5. The first-order valence-electron chi connectivity index (χ1n) is 7.99. The number of likely N-dealkylation sites (tertiary alicyclic amines) is 1. The van der Waals surface area contributed by atoms with Crippen LogP contribution < -0.4 is 5.32 Å². The summed E-state index contributed by atoms with van der Waals surface area (Å²) in [5.41, 5.74) is 0.501. The SMILES string of the molecule is CCC1(C)CCN(CCCCC(C)(CO)NC)CC1. The van der Waals surface area contributed by atoms with Crippen LogP contribution in [0.15, 0.2) is 0 Å². The van der Waals surface area contributed by atoms with Crippen molar-refractivity contribution in [2.75, 3.05) is 33.3 Å². The topological polar surface area (TPSA) is 35.5 Å². The Bertz CT molecular complexity index is 243. The van der Waals surface area contributed by atoms with Crippen molar-refractivity contribution in [1.82, 2.24) is 10.2 Å². The van der Waals surface area contributed by atoms with Gasteiger partial charge in [-0.1, -0.05) is 26.7 Å². The lowest BCUT2D eigenvalue weighted by Gasteiger charge is -2.39. The molecule has 0 radical (unpaired) electrons. The van der Waals surface area contributed by atoms with Gasteiger partial charge >= 0.3 is 0 Å². The Morgan fingerprint density at radius 3 is 2.37 bits per heavy atom. The summed E-state index contributed by atoms with van der Waals surface area (Å²) in [6, 6.07) is 0. The van der Waals surface area contributed by atoms with Gasteiger partial charge < -0.3 is 15.3 Å². The first kappa shape index (κ1) is 16.9. The van der Waals surface area contributed by atoms with Gasteiger partial charge in [0.15, 0.2) is 0 Å². The Kier molecular flexibility index (Phi) is 6.78. The van der Waals surface area contributed by atoms with Crippen molar-refractivity contribution in [2.24, 2.45) is 5.41 Å². The fraction of sp³-hybridized carbons (Fsp3) is 1.00. The first-order chi connectivity index (χ1) is 8.97. The molecule has 1 aliphatic rings. The van der Waals surface area contributed by atoms with E-state index < -0.39 is 0 Å². The van der Waals surface area contributed by atoms with Gasteiger partial charge in [0.05, 0.1) is 6.61 Å². The van der Waals surface area contributed by atoms with Gasteiger partial charge in [-0.2, -0.15) is 0 Å². The number of aliphatic hydroxyl groups is 1. The van der Waals surface area contributed by atoms with Gasteiger partial charge in [0.1, 0.15) is 0 Å². The average Bonchev–Trinajstić information content (AvgIpc) is 2.45. The van der Waals surface area contributed by atoms with Crippen LogP contribution >= 0.6 is 0 Å². The predicted octanol–water partition coefficient (Wildman–Crippen LogP) is 2.64. The molecule has 1 rings (SSSR count). The second kappa shape index (κ2) is 7.61. The maximum absolute atomic E-state index is 9.35. The summed E-state index contributed by atoms with van der Waals surface area (Å²) in [6.45, 7) is 10.8. The maximum atomic E-state index is 9.35. The molecule has 1 fully saturated rings. The molecular formula is C16H34N2O. The van der Waals surface area contributed by atoms with Gasteiger partial charge in [-0.25, -0.2) is 0 Å². The van der Waals surface area contributed by atoms with Crippen molar-refractivity contribution in [3.05, 3.63) is 0 Å². The molecular weight excluding hydrogens is 236 g/mol. The van der Waals surface area contributed by atoms with Gasteiger partial charge in [0.25, 0.3) is 0 Å². The molecule has 1 saturated heterocycles. The zero-order valence-electron chi connectivity index (χ0n) is 13.5. The number of rotatable bonds is 8. The molecule has 0 amide bonds. The highest BCUT2D eigenvalue weighted by Crippen LogP contribution is 2.33. The highest BCUT2D eigenvalue weighted by molar-refractivity contribution is 4.82. The van der Waals surface area contributed by atoms with E-state index in [1.165, 1.54) is 51.7 Å². The van der Waals surface area contributed by atoms with E-state index in [1.54, 1.807) is 0 Å². The van der Waals surface area contributed by atoms with E-state index in [9.17, 15) is 5.11 Å². The van der Waals surface area contributed by atoms with Gasteiger partial charge in [0.2, 0.25) is 0 Å². The monoisotopic (exact) mass is 270 g/mol. The molecule has 0 saturated carbocycles. The van der Waals surface area contributed by atoms with E-state index in [0.717, 1.165) is 6.42 Å². The summed E-state index contributed by atoms with van der Waals surface area (Å²) in [6.07, 6.45) is 7.53. The standard InChI is InChI=1S/C16H34N2O/c1-5-15(2)9-12-18(13-10-15)11-7-6-8-16(3,14-19)17-4/h17,19H,5-14H2,1-4H3. The summed E-state index contributed by atoms with van der Waals surface area (Å²) in [5.74, 6) is 0. The van der Waals surface area contributed by atoms with Crippen LogP contribution in [0.3, 0.4) is 0 Å². The number of piperidine rings is 1. The molecule has 0 spiro atoms. The van der Waals surface area contributed by atoms with Crippen molar-refractivity contribution in [3.8, 4) is 0 Å². The predicted molar refractivity (Wildman–Crippen MR) is 82.5 cm³/mol. The van der Waals surface area contributed by atoms with Crippen LogP contribution in [0.5, 0.6) is 0 Å². The number of likely N-dealkylation sites (N-methyl/N-ethyl adjacent to an activating group) is 1. The highest BCUT2D eigenvalue weighted by Gasteiger charge is 2.28. The minimum absolute atomic E-state index is 0.0946. The van der Waals surface area contributed by atoms with Crippen LogP contribution in [-0.4, -0.2) is 48.8 Å². The van der Waals surface area contributed by atoms with E-state index in [2.05, 4.69) is 31.0 Å². The van der Waals surface area contributed by atoms with Gasteiger partial charge in [-0.05, 0) is 64.7 Å². The van der Waals surface area contributed by atoms with Crippen molar-refractivity contribution in [2.45, 2.75) is 64.8 Å². The third-order valence-electron chi connectivity index (χ3n) is 5.32. The van der Waals surface area contributed by atoms with Crippen molar-refractivity contribution >= 4 is 0 Å². The lowest BCUT2D eigenvalue weighted by Crippen LogP contribution is -2.43. The molecule has 0 aromatic heterocycles. The molecule has 19 heavy (non-hydrogen) atoms. The first-order valence-corrected chi connectivity index (χ1v) is 7.99. The Balaban J connectivity index is 2.15. The van der Waals surface area contributed by atoms with Crippen LogP contribution in [0.25, 0.3) is 0 Å². The number of nitrogens with zero attached hydrogens (tertiary/aromatic N) is 1. The van der Waals surface area contributed by atoms with E-state index >= 15 is 0 Å². The molecule has 1 heterocycles. The molecule has 114 valence electrons. The van der Waals surface area contributed by atoms with Crippen molar-refractivity contribution in [3.63, 3.8) is 0 Å². The molecule has 1 unspecified atom stereocenters. The lowest BCUT2D eigenvalue weighted by molar-refractivity contribution is 0.111. The summed E-state index contributed by atoms with van der Waals surface area (Å²) in [7, 11) is 1.94. The van der Waals surface area contributed by atoms with Gasteiger partial charge in [-0.15, -0.1) is 0 Å². The Morgan fingerprint density at radius 2 is 1.89 bits per heavy atom. The summed E-state index contributed by atoms with van der Waals surface area (Å²) in [4.78, 5) is 2.62. The number of hydrogen-bond acceptors (Lipinski definition) is 3. The van der Waals surface area contributed by atoms with Gasteiger partial charge in [-0.3, -0.25) is 0 Å². The quantitative estimate of drug-likeness (QED) is 0.666. The molecule has 0 aliphatic carbocycles. The number of unbranched alkanes of at least 4 members (excludes halogenated alkanes) is 1. The van der Waals surface area contributed by atoms with E-state index in [1.807, 2.05) is 7.05 Å². The van der Waals surface area contributed by atoms with Crippen molar-refractivity contribution in [1.29, 1.82) is 0 Å². The van der Waals surface area contributed by atoms with E-state index in [-0.39, 0.29) is 12.1 Å². The summed E-state index contributed by atoms with van der Waals surface area (Å²) >= 11 is 0. The Morgan fingerprint density at radius 1 is 1.26 bits per heavy atom.